The number of aryl methyl sites for hydroxylation is 1. The molecule has 5 heteroatoms. The van der Waals surface area contributed by atoms with Crippen LogP contribution >= 0.6 is 0 Å². The molecule has 2 rings (SSSR count). The Morgan fingerprint density at radius 2 is 1.96 bits per heavy atom. The highest BCUT2D eigenvalue weighted by Crippen LogP contribution is 2.25. The van der Waals surface area contributed by atoms with E-state index in [2.05, 4.69) is 5.32 Å². The van der Waals surface area contributed by atoms with E-state index in [0.717, 1.165) is 5.56 Å². The van der Waals surface area contributed by atoms with Crippen LogP contribution in [0, 0.1) is 6.92 Å². The van der Waals surface area contributed by atoms with Gasteiger partial charge in [0.1, 0.15) is 11.5 Å². The molecule has 0 fully saturated rings. The second-order valence-electron chi connectivity index (χ2n) is 5.53. The van der Waals surface area contributed by atoms with E-state index in [1.165, 1.54) is 0 Å². The molecule has 2 unspecified atom stereocenters. The quantitative estimate of drug-likeness (QED) is 0.884. The highest BCUT2D eigenvalue weighted by Gasteiger charge is 2.15. The summed E-state index contributed by atoms with van der Waals surface area (Å²) in [6.45, 7) is 3.82. The molecule has 0 radical (unpaired) electrons. The minimum absolute atomic E-state index is 0.166. The Kier molecular flexibility index (Phi) is 5.93. The number of nitrogens with one attached hydrogen (secondary N) is 1. The predicted molar refractivity (Wildman–Crippen MR) is 93.6 cm³/mol. The van der Waals surface area contributed by atoms with Crippen LogP contribution in [0.1, 0.15) is 22.8 Å². The van der Waals surface area contributed by atoms with Crippen LogP contribution in [-0.2, 0) is 10.8 Å². The van der Waals surface area contributed by atoms with Gasteiger partial charge in [-0.15, -0.1) is 0 Å². The molecular weight excluding hydrogens is 310 g/mol. The van der Waals surface area contributed by atoms with E-state index >= 15 is 0 Å². The van der Waals surface area contributed by atoms with Crippen LogP contribution in [0.5, 0.6) is 11.5 Å². The van der Waals surface area contributed by atoms with Crippen LogP contribution in [0.4, 0.5) is 0 Å². The summed E-state index contributed by atoms with van der Waals surface area (Å²) in [6.07, 6.45) is 1.62. The summed E-state index contributed by atoms with van der Waals surface area (Å²) >= 11 is 0. The highest BCUT2D eigenvalue weighted by atomic mass is 32.2. The van der Waals surface area contributed by atoms with Gasteiger partial charge >= 0.3 is 0 Å². The van der Waals surface area contributed by atoms with Gasteiger partial charge in [-0.05, 0) is 43.7 Å². The Morgan fingerprint density at radius 1 is 1.22 bits per heavy atom. The summed E-state index contributed by atoms with van der Waals surface area (Å²) in [4.78, 5) is 12.4. The van der Waals surface area contributed by atoms with Crippen LogP contribution < -0.4 is 10.1 Å². The number of carbonyl (C=O) groups is 1. The van der Waals surface area contributed by atoms with Gasteiger partial charge in [0, 0.05) is 28.9 Å². The van der Waals surface area contributed by atoms with Gasteiger partial charge in [0.15, 0.2) is 0 Å². The maximum absolute atomic E-state index is 12.4. The van der Waals surface area contributed by atoms with Crippen molar-refractivity contribution in [2.45, 2.75) is 19.9 Å². The van der Waals surface area contributed by atoms with Crippen molar-refractivity contribution in [3.05, 3.63) is 59.7 Å². The van der Waals surface area contributed by atoms with Crippen molar-refractivity contribution >= 4 is 16.7 Å². The molecule has 122 valence electrons. The molecule has 0 heterocycles. The number of benzene rings is 2. The van der Waals surface area contributed by atoms with Gasteiger partial charge in [-0.1, -0.05) is 24.3 Å². The number of amides is 1. The molecule has 0 bridgehead atoms. The van der Waals surface area contributed by atoms with Gasteiger partial charge in [0.25, 0.3) is 5.91 Å². The van der Waals surface area contributed by atoms with Crippen molar-refractivity contribution in [2.75, 3.05) is 12.0 Å². The Bertz CT molecular complexity index is 715. The fourth-order valence-electron chi connectivity index (χ4n) is 2.24. The molecule has 0 aromatic heterocycles. The third kappa shape index (κ3) is 5.21. The van der Waals surface area contributed by atoms with E-state index in [1.54, 1.807) is 24.5 Å². The first-order valence-corrected chi connectivity index (χ1v) is 9.13. The van der Waals surface area contributed by atoms with E-state index in [1.807, 2.05) is 44.2 Å². The second kappa shape index (κ2) is 7.92. The zero-order valence-corrected chi connectivity index (χ0v) is 14.4. The van der Waals surface area contributed by atoms with Gasteiger partial charge in [-0.2, -0.15) is 0 Å². The number of rotatable bonds is 6. The van der Waals surface area contributed by atoms with E-state index in [4.69, 9.17) is 4.74 Å². The zero-order chi connectivity index (χ0) is 16.8. The summed E-state index contributed by atoms with van der Waals surface area (Å²) in [5.41, 5.74) is 1.55. The SMILES string of the molecule is Cc1cccc(Oc2ccccc2C(=O)NC(C)CS(C)=O)c1. The van der Waals surface area contributed by atoms with Crippen molar-refractivity contribution < 1.29 is 13.7 Å². The lowest BCUT2D eigenvalue weighted by Crippen LogP contribution is -2.36. The molecule has 2 aromatic carbocycles. The maximum atomic E-state index is 12.4. The normalized spacial score (nSPS) is 13.2. The molecule has 0 saturated carbocycles. The van der Waals surface area contributed by atoms with Crippen molar-refractivity contribution in [1.82, 2.24) is 5.32 Å². The molecule has 4 nitrogen and oxygen atoms in total. The third-order valence-corrected chi connectivity index (χ3v) is 4.18. The lowest BCUT2D eigenvalue weighted by Gasteiger charge is -2.15. The lowest BCUT2D eigenvalue weighted by atomic mass is 10.1. The molecule has 0 saturated heterocycles. The van der Waals surface area contributed by atoms with E-state index in [9.17, 15) is 9.00 Å². The van der Waals surface area contributed by atoms with Crippen molar-refractivity contribution in [3.63, 3.8) is 0 Å². The minimum atomic E-state index is -0.954. The summed E-state index contributed by atoms with van der Waals surface area (Å²) in [7, 11) is -0.954. The van der Waals surface area contributed by atoms with Crippen molar-refractivity contribution in [2.24, 2.45) is 0 Å². The molecule has 1 amide bonds. The molecule has 2 atom stereocenters. The van der Waals surface area contributed by atoms with Gasteiger partial charge in [0.2, 0.25) is 0 Å². The molecule has 0 aliphatic rings. The minimum Gasteiger partial charge on any atom is -0.457 e. The lowest BCUT2D eigenvalue weighted by molar-refractivity contribution is 0.0941. The summed E-state index contributed by atoms with van der Waals surface area (Å²) < 4.78 is 17.1. The topological polar surface area (TPSA) is 55.4 Å². The molecule has 0 aliphatic carbocycles. The monoisotopic (exact) mass is 331 g/mol. The average molecular weight is 331 g/mol. The van der Waals surface area contributed by atoms with Gasteiger partial charge in [0.05, 0.1) is 5.56 Å². The van der Waals surface area contributed by atoms with E-state index < -0.39 is 10.8 Å². The first-order valence-electron chi connectivity index (χ1n) is 7.40. The fourth-order valence-corrected chi connectivity index (χ4v) is 3.03. The fraction of sp³-hybridized carbons (Fsp3) is 0.278. The molecule has 2 aromatic rings. The molecular formula is C18H21NO3S. The number of hydrogen-bond donors (Lipinski definition) is 1. The van der Waals surface area contributed by atoms with E-state index in [0.29, 0.717) is 22.8 Å². The highest BCUT2D eigenvalue weighted by molar-refractivity contribution is 7.84. The number of carbonyl (C=O) groups excluding carboxylic acids is 1. The van der Waals surface area contributed by atoms with Gasteiger partial charge < -0.3 is 10.1 Å². The molecule has 0 aliphatic heterocycles. The zero-order valence-electron chi connectivity index (χ0n) is 13.5. The Morgan fingerprint density at radius 3 is 2.65 bits per heavy atom. The second-order valence-corrected chi connectivity index (χ2v) is 7.01. The van der Waals surface area contributed by atoms with E-state index in [-0.39, 0.29) is 11.9 Å². The summed E-state index contributed by atoms with van der Waals surface area (Å²) in [6, 6.07) is 14.6. The van der Waals surface area contributed by atoms with Crippen LogP contribution in [-0.4, -0.2) is 28.2 Å². The smallest absolute Gasteiger partial charge is 0.255 e. The van der Waals surface area contributed by atoms with Crippen LogP contribution in [0.2, 0.25) is 0 Å². The summed E-state index contributed by atoms with van der Waals surface area (Å²) in [5.74, 6) is 1.38. The number of para-hydroxylation sites is 1. The first-order chi connectivity index (χ1) is 11.0. The molecule has 1 N–H and O–H groups in total. The first kappa shape index (κ1) is 17.2. The predicted octanol–water partition coefficient (Wildman–Crippen LogP) is 3.28. The maximum Gasteiger partial charge on any atom is 0.255 e. The van der Waals surface area contributed by atoms with Crippen LogP contribution in [0.15, 0.2) is 48.5 Å². The molecule has 0 spiro atoms. The van der Waals surface area contributed by atoms with Crippen molar-refractivity contribution in [1.29, 1.82) is 0 Å². The summed E-state index contributed by atoms with van der Waals surface area (Å²) in [5, 5.41) is 2.85. The van der Waals surface area contributed by atoms with Gasteiger partial charge in [-0.25, -0.2) is 0 Å². The largest absolute Gasteiger partial charge is 0.457 e. The van der Waals surface area contributed by atoms with Gasteiger partial charge in [-0.3, -0.25) is 9.00 Å². The van der Waals surface area contributed by atoms with Crippen LogP contribution in [0.3, 0.4) is 0 Å². The number of hydrogen-bond acceptors (Lipinski definition) is 3. The molecule has 23 heavy (non-hydrogen) atoms. The third-order valence-electron chi connectivity index (χ3n) is 3.21. The standard InChI is InChI=1S/C18H21NO3S/c1-13-7-6-8-15(11-13)22-17-10-5-4-9-16(17)18(20)19-14(2)12-23(3)21/h4-11,14H,12H2,1-3H3,(H,19,20). The Hall–Kier alpha value is -2.14. The Balaban J connectivity index is 2.16. The Labute approximate surface area is 139 Å². The number of ether oxygens (including phenoxy) is 1. The van der Waals surface area contributed by atoms with Crippen LogP contribution in [0.25, 0.3) is 0 Å². The average Bonchev–Trinajstić information content (AvgIpc) is 2.46. The van der Waals surface area contributed by atoms with Crippen molar-refractivity contribution in [3.8, 4) is 11.5 Å².